The van der Waals surface area contributed by atoms with Crippen molar-refractivity contribution in [2.75, 3.05) is 19.9 Å². The van der Waals surface area contributed by atoms with Crippen molar-refractivity contribution in [1.29, 1.82) is 0 Å². The lowest BCUT2D eigenvalue weighted by Crippen LogP contribution is -2.43. The van der Waals surface area contributed by atoms with Gasteiger partial charge in [-0.05, 0) is 53.6 Å². The molecule has 1 aliphatic rings. The van der Waals surface area contributed by atoms with Crippen molar-refractivity contribution in [2.24, 2.45) is 0 Å². The number of benzene rings is 2. The van der Waals surface area contributed by atoms with Crippen molar-refractivity contribution < 1.29 is 4.74 Å². The summed E-state index contributed by atoms with van der Waals surface area (Å²) in [5, 5.41) is 6.15. The monoisotopic (exact) mass is 301 g/mol. The summed E-state index contributed by atoms with van der Waals surface area (Å²) in [6, 6.07) is 12.9. The van der Waals surface area contributed by atoms with E-state index in [2.05, 4.69) is 41.9 Å². The van der Waals surface area contributed by atoms with Crippen LogP contribution in [0.5, 0.6) is 5.75 Å². The number of ether oxygens (including phenoxy) is 1. The van der Waals surface area contributed by atoms with Crippen molar-refractivity contribution in [3.05, 3.63) is 42.0 Å². The van der Waals surface area contributed by atoms with Crippen molar-refractivity contribution in [3.63, 3.8) is 0 Å². The molecule has 0 radical (unpaired) electrons. The fourth-order valence-corrected chi connectivity index (χ4v) is 3.91. The van der Waals surface area contributed by atoms with Crippen molar-refractivity contribution in [2.45, 2.75) is 30.6 Å². The fourth-order valence-electron chi connectivity index (χ4n) is 2.97. The molecular weight excluding hydrogens is 278 g/mol. The lowest BCUT2D eigenvalue weighted by atomic mass is 9.84. The van der Waals surface area contributed by atoms with Gasteiger partial charge in [-0.2, -0.15) is 11.8 Å². The highest BCUT2D eigenvalue weighted by molar-refractivity contribution is 8.00. The molecule has 1 aliphatic carbocycles. The minimum absolute atomic E-state index is 0.504. The first-order valence-electron chi connectivity index (χ1n) is 7.57. The molecule has 21 heavy (non-hydrogen) atoms. The van der Waals surface area contributed by atoms with Crippen molar-refractivity contribution in [3.8, 4) is 5.75 Å². The third kappa shape index (κ3) is 3.19. The molecular formula is C18H23NOS. The van der Waals surface area contributed by atoms with Gasteiger partial charge in [0.25, 0.3) is 0 Å². The molecule has 3 heteroatoms. The largest absolute Gasteiger partial charge is 0.497 e. The van der Waals surface area contributed by atoms with E-state index in [1.165, 1.54) is 35.6 Å². The second kappa shape index (κ2) is 6.29. The number of thioether (sulfide) groups is 1. The topological polar surface area (TPSA) is 21.3 Å². The summed E-state index contributed by atoms with van der Waals surface area (Å²) < 4.78 is 5.78. The second-order valence-electron chi connectivity index (χ2n) is 5.89. The molecule has 0 saturated heterocycles. The van der Waals surface area contributed by atoms with Crippen LogP contribution in [0.1, 0.15) is 24.8 Å². The first-order valence-corrected chi connectivity index (χ1v) is 8.80. The van der Waals surface area contributed by atoms with Crippen LogP contribution in [0.4, 0.5) is 0 Å². The van der Waals surface area contributed by atoms with E-state index in [0.717, 1.165) is 18.8 Å². The predicted octanol–water partition coefficient (Wildman–Crippen LogP) is 4.22. The quantitative estimate of drug-likeness (QED) is 0.863. The van der Waals surface area contributed by atoms with E-state index in [9.17, 15) is 0 Å². The molecule has 1 saturated carbocycles. The third-order valence-corrected chi connectivity index (χ3v) is 6.00. The van der Waals surface area contributed by atoms with Gasteiger partial charge in [0.1, 0.15) is 5.75 Å². The Morgan fingerprint density at radius 3 is 2.57 bits per heavy atom. The molecule has 0 amide bonds. The highest BCUT2D eigenvalue weighted by Gasteiger charge is 2.35. The van der Waals surface area contributed by atoms with Gasteiger partial charge in [0, 0.05) is 17.8 Å². The summed E-state index contributed by atoms with van der Waals surface area (Å²) in [4.78, 5) is 0. The normalized spacial score (nSPS) is 16.7. The molecule has 2 aromatic carbocycles. The minimum atomic E-state index is 0.504. The van der Waals surface area contributed by atoms with E-state index in [-0.39, 0.29) is 0 Å². The SMILES string of the molecule is COc1ccc2cc(CNCC3(SC)CCC3)ccc2c1. The lowest BCUT2D eigenvalue weighted by molar-refractivity contribution is 0.345. The van der Waals surface area contributed by atoms with Crippen LogP contribution in [0.15, 0.2) is 36.4 Å². The van der Waals surface area contributed by atoms with Crippen molar-refractivity contribution in [1.82, 2.24) is 5.32 Å². The minimum Gasteiger partial charge on any atom is -0.497 e. The number of hydrogen-bond acceptors (Lipinski definition) is 3. The van der Waals surface area contributed by atoms with Gasteiger partial charge in [-0.3, -0.25) is 0 Å². The summed E-state index contributed by atoms with van der Waals surface area (Å²) in [7, 11) is 1.71. The Hall–Kier alpha value is -1.19. The molecule has 0 spiro atoms. The van der Waals surface area contributed by atoms with Crippen LogP contribution in [-0.2, 0) is 6.54 Å². The Morgan fingerprint density at radius 1 is 1.14 bits per heavy atom. The average molecular weight is 301 g/mol. The van der Waals surface area contributed by atoms with Crippen LogP contribution >= 0.6 is 11.8 Å². The first kappa shape index (κ1) is 14.7. The molecule has 0 bridgehead atoms. The van der Waals surface area contributed by atoms with Gasteiger partial charge in [0.05, 0.1) is 7.11 Å². The van der Waals surface area contributed by atoms with Gasteiger partial charge < -0.3 is 10.1 Å². The van der Waals surface area contributed by atoms with Gasteiger partial charge in [-0.25, -0.2) is 0 Å². The summed E-state index contributed by atoms with van der Waals surface area (Å²) in [5.41, 5.74) is 1.35. The highest BCUT2D eigenvalue weighted by atomic mass is 32.2. The zero-order valence-electron chi connectivity index (χ0n) is 12.8. The summed E-state index contributed by atoms with van der Waals surface area (Å²) in [6.45, 7) is 2.07. The van der Waals surface area contributed by atoms with Crippen LogP contribution < -0.4 is 10.1 Å². The van der Waals surface area contributed by atoms with Crippen LogP contribution in [0.25, 0.3) is 10.8 Å². The molecule has 2 aromatic rings. The zero-order valence-corrected chi connectivity index (χ0v) is 13.6. The number of hydrogen-bond donors (Lipinski definition) is 1. The predicted molar refractivity (Wildman–Crippen MR) is 92.3 cm³/mol. The second-order valence-corrected chi connectivity index (χ2v) is 7.17. The van der Waals surface area contributed by atoms with Crippen LogP contribution in [-0.4, -0.2) is 24.7 Å². The molecule has 0 aromatic heterocycles. The maximum Gasteiger partial charge on any atom is 0.119 e. The van der Waals surface area contributed by atoms with E-state index in [1.54, 1.807) is 7.11 Å². The number of nitrogens with one attached hydrogen (secondary N) is 1. The van der Waals surface area contributed by atoms with Gasteiger partial charge >= 0.3 is 0 Å². The van der Waals surface area contributed by atoms with E-state index in [1.807, 2.05) is 17.8 Å². The molecule has 0 heterocycles. The van der Waals surface area contributed by atoms with E-state index >= 15 is 0 Å². The summed E-state index contributed by atoms with van der Waals surface area (Å²) in [6.07, 6.45) is 6.35. The average Bonchev–Trinajstić information content (AvgIpc) is 2.49. The summed E-state index contributed by atoms with van der Waals surface area (Å²) in [5.74, 6) is 0.917. The molecule has 1 N–H and O–H groups in total. The molecule has 0 atom stereocenters. The van der Waals surface area contributed by atoms with Crippen LogP contribution in [0.3, 0.4) is 0 Å². The van der Waals surface area contributed by atoms with Gasteiger partial charge in [-0.15, -0.1) is 0 Å². The Kier molecular flexibility index (Phi) is 4.41. The number of fused-ring (bicyclic) bond motifs is 1. The Labute approximate surface area is 131 Å². The molecule has 1 fully saturated rings. The van der Waals surface area contributed by atoms with Gasteiger partial charge in [0.2, 0.25) is 0 Å². The Morgan fingerprint density at radius 2 is 1.90 bits per heavy atom. The maximum absolute atomic E-state index is 5.27. The summed E-state index contributed by atoms with van der Waals surface area (Å²) >= 11 is 2.02. The standard InChI is InChI=1S/C18H23NOS/c1-20-17-7-6-15-10-14(4-5-16(15)11-17)12-19-13-18(21-2)8-3-9-18/h4-7,10-11,19H,3,8-9,12-13H2,1-2H3. The van der Waals surface area contributed by atoms with Crippen LogP contribution in [0.2, 0.25) is 0 Å². The van der Waals surface area contributed by atoms with Crippen molar-refractivity contribution >= 4 is 22.5 Å². The van der Waals surface area contributed by atoms with E-state index in [4.69, 9.17) is 4.74 Å². The first-order chi connectivity index (χ1) is 10.2. The van der Waals surface area contributed by atoms with E-state index < -0.39 is 0 Å². The fraction of sp³-hybridized carbons (Fsp3) is 0.444. The number of rotatable bonds is 6. The molecule has 112 valence electrons. The third-order valence-electron chi connectivity index (χ3n) is 4.59. The molecule has 3 rings (SSSR count). The lowest BCUT2D eigenvalue weighted by Gasteiger charge is -2.40. The molecule has 2 nitrogen and oxygen atoms in total. The van der Waals surface area contributed by atoms with Gasteiger partial charge in [-0.1, -0.05) is 24.6 Å². The smallest absolute Gasteiger partial charge is 0.119 e. The molecule has 0 unspecified atom stereocenters. The highest BCUT2D eigenvalue weighted by Crippen LogP contribution is 2.42. The van der Waals surface area contributed by atoms with Crippen LogP contribution in [0, 0.1) is 0 Å². The number of methoxy groups -OCH3 is 1. The van der Waals surface area contributed by atoms with Gasteiger partial charge in [0.15, 0.2) is 0 Å². The van der Waals surface area contributed by atoms with E-state index in [0.29, 0.717) is 4.75 Å². The Balaban J connectivity index is 1.64. The maximum atomic E-state index is 5.27. The molecule has 0 aliphatic heterocycles. The zero-order chi connectivity index (χ0) is 14.7. The Bertz CT molecular complexity index is 616.